The Morgan fingerprint density at radius 2 is 1.96 bits per heavy atom. The zero-order valence-electron chi connectivity index (χ0n) is 13.7. The van der Waals surface area contributed by atoms with Gasteiger partial charge >= 0.3 is 6.18 Å². The predicted octanol–water partition coefficient (Wildman–Crippen LogP) is 4.09. The molecule has 2 atom stereocenters. The summed E-state index contributed by atoms with van der Waals surface area (Å²) in [6, 6.07) is 9.61. The van der Waals surface area contributed by atoms with Crippen molar-refractivity contribution in [1.82, 2.24) is 10.3 Å². The molecule has 1 heterocycles. The third-order valence-corrected chi connectivity index (χ3v) is 4.61. The minimum absolute atomic E-state index is 0.101. The molecule has 8 heteroatoms. The molecule has 0 spiro atoms. The summed E-state index contributed by atoms with van der Waals surface area (Å²) in [5, 5.41) is 6.00. The third-order valence-electron chi connectivity index (χ3n) is 4.26. The van der Waals surface area contributed by atoms with Crippen LogP contribution in [-0.2, 0) is 11.0 Å². The van der Waals surface area contributed by atoms with Crippen molar-refractivity contribution in [2.24, 2.45) is 5.92 Å². The average molecular weight is 384 g/mol. The number of carbonyl (C=O) groups excluding carboxylic acids is 1. The number of anilines is 1. The van der Waals surface area contributed by atoms with E-state index in [1.165, 1.54) is 12.3 Å². The Labute approximate surface area is 153 Å². The first-order chi connectivity index (χ1) is 12.4. The molecule has 4 nitrogen and oxygen atoms in total. The fourth-order valence-electron chi connectivity index (χ4n) is 2.88. The molecule has 2 unspecified atom stereocenters. The van der Waals surface area contributed by atoms with Gasteiger partial charge in [0.15, 0.2) is 0 Å². The lowest BCUT2D eigenvalue weighted by Crippen LogP contribution is -2.30. The summed E-state index contributed by atoms with van der Waals surface area (Å²) in [6.07, 6.45) is -2.47. The number of rotatable bonds is 6. The van der Waals surface area contributed by atoms with Crippen LogP contribution in [0.1, 0.15) is 23.5 Å². The van der Waals surface area contributed by atoms with E-state index in [0.29, 0.717) is 5.02 Å². The molecule has 1 aromatic heterocycles. The summed E-state index contributed by atoms with van der Waals surface area (Å²) in [7, 11) is 0. The van der Waals surface area contributed by atoms with Crippen molar-refractivity contribution in [2.45, 2.75) is 18.5 Å². The maximum Gasteiger partial charge on any atom is 0.419 e. The Hall–Kier alpha value is -2.28. The monoisotopic (exact) mass is 383 g/mol. The molecule has 2 aromatic rings. The van der Waals surface area contributed by atoms with Gasteiger partial charge in [0.2, 0.25) is 5.91 Å². The Bertz CT molecular complexity index is 797. The first-order valence-electron chi connectivity index (χ1n) is 8.16. The van der Waals surface area contributed by atoms with Crippen molar-refractivity contribution >= 4 is 23.3 Å². The molecule has 0 bridgehead atoms. The highest BCUT2D eigenvalue weighted by Gasteiger charge is 2.44. The molecule has 1 aliphatic rings. The van der Waals surface area contributed by atoms with Crippen LogP contribution in [0.5, 0.6) is 0 Å². The zero-order chi connectivity index (χ0) is 18.7. The summed E-state index contributed by atoms with van der Waals surface area (Å²) < 4.78 is 38.6. The molecule has 138 valence electrons. The van der Waals surface area contributed by atoms with Crippen LogP contribution < -0.4 is 10.6 Å². The molecule has 1 fully saturated rings. The van der Waals surface area contributed by atoms with Gasteiger partial charge < -0.3 is 10.6 Å². The first-order valence-corrected chi connectivity index (χ1v) is 8.54. The van der Waals surface area contributed by atoms with Gasteiger partial charge in [-0.3, -0.25) is 4.79 Å². The van der Waals surface area contributed by atoms with Gasteiger partial charge in [0, 0.05) is 30.2 Å². The lowest BCUT2D eigenvalue weighted by Gasteiger charge is -2.13. The minimum Gasteiger partial charge on any atom is -0.368 e. The number of benzene rings is 1. The van der Waals surface area contributed by atoms with Crippen LogP contribution in [-0.4, -0.2) is 24.0 Å². The number of amides is 1. The van der Waals surface area contributed by atoms with Crippen LogP contribution in [0, 0.1) is 5.92 Å². The Kier molecular flexibility index (Phi) is 5.36. The van der Waals surface area contributed by atoms with Gasteiger partial charge in [0.1, 0.15) is 5.82 Å². The zero-order valence-corrected chi connectivity index (χ0v) is 14.4. The molecular formula is C18H17ClF3N3O. The number of nitrogens with one attached hydrogen (secondary N) is 2. The summed E-state index contributed by atoms with van der Waals surface area (Å²) in [4.78, 5) is 15.9. The van der Waals surface area contributed by atoms with Crippen molar-refractivity contribution in [3.05, 3.63) is 58.7 Å². The second-order valence-corrected chi connectivity index (χ2v) is 6.49. The van der Waals surface area contributed by atoms with Crippen molar-refractivity contribution in [3.8, 4) is 0 Å². The van der Waals surface area contributed by atoms with Crippen molar-refractivity contribution in [1.29, 1.82) is 0 Å². The standard InChI is InChI=1S/C18H17ClF3N3O/c19-15-6-2-1-4-11(15)12-10-13(12)17(26)25-9-8-24-16-14(18(20,21)22)5-3-7-23-16/h1-7,12-13H,8-10H2,(H,23,24)(H,25,26). The van der Waals surface area contributed by atoms with Gasteiger partial charge in [0.05, 0.1) is 5.56 Å². The van der Waals surface area contributed by atoms with Gasteiger partial charge in [-0.2, -0.15) is 13.2 Å². The second-order valence-electron chi connectivity index (χ2n) is 6.09. The lowest BCUT2D eigenvalue weighted by molar-refractivity contribution is -0.137. The quantitative estimate of drug-likeness (QED) is 0.739. The molecule has 26 heavy (non-hydrogen) atoms. The van der Waals surface area contributed by atoms with E-state index in [-0.39, 0.29) is 36.7 Å². The smallest absolute Gasteiger partial charge is 0.368 e. The molecule has 0 aliphatic heterocycles. The van der Waals surface area contributed by atoms with Crippen LogP contribution in [0.25, 0.3) is 0 Å². The molecule has 3 rings (SSSR count). The second kappa shape index (κ2) is 7.53. The van der Waals surface area contributed by atoms with E-state index in [4.69, 9.17) is 11.6 Å². The fourth-order valence-corrected chi connectivity index (χ4v) is 3.15. The Morgan fingerprint density at radius 3 is 2.69 bits per heavy atom. The topological polar surface area (TPSA) is 54.0 Å². The number of aromatic nitrogens is 1. The van der Waals surface area contributed by atoms with Gasteiger partial charge in [-0.1, -0.05) is 29.8 Å². The predicted molar refractivity (Wildman–Crippen MR) is 93.0 cm³/mol. The maximum absolute atomic E-state index is 12.9. The summed E-state index contributed by atoms with van der Waals surface area (Å²) in [5.74, 6) is -0.400. The number of hydrogen-bond acceptors (Lipinski definition) is 3. The average Bonchev–Trinajstić information content (AvgIpc) is 3.39. The van der Waals surface area contributed by atoms with Crippen molar-refractivity contribution < 1.29 is 18.0 Å². The van der Waals surface area contributed by atoms with Gasteiger partial charge in [-0.25, -0.2) is 4.98 Å². The van der Waals surface area contributed by atoms with Crippen LogP contribution in [0.2, 0.25) is 5.02 Å². The van der Waals surface area contributed by atoms with Crippen molar-refractivity contribution in [3.63, 3.8) is 0 Å². The van der Waals surface area contributed by atoms with Crippen molar-refractivity contribution in [2.75, 3.05) is 18.4 Å². The largest absolute Gasteiger partial charge is 0.419 e. The fraction of sp³-hybridized carbons (Fsp3) is 0.333. The molecule has 0 saturated heterocycles. The molecule has 2 N–H and O–H groups in total. The molecule has 1 aliphatic carbocycles. The van der Waals surface area contributed by atoms with Crippen LogP contribution in [0.3, 0.4) is 0 Å². The normalized spacial score (nSPS) is 19.1. The number of nitrogens with zero attached hydrogens (tertiary/aromatic N) is 1. The van der Waals surface area contributed by atoms with Gasteiger partial charge in [-0.05, 0) is 36.1 Å². The van der Waals surface area contributed by atoms with E-state index in [0.717, 1.165) is 18.1 Å². The lowest BCUT2D eigenvalue weighted by atomic mass is 10.1. The van der Waals surface area contributed by atoms with Crippen LogP contribution >= 0.6 is 11.6 Å². The van der Waals surface area contributed by atoms with Gasteiger partial charge in [-0.15, -0.1) is 0 Å². The maximum atomic E-state index is 12.9. The highest BCUT2D eigenvalue weighted by molar-refractivity contribution is 6.31. The van der Waals surface area contributed by atoms with E-state index in [1.54, 1.807) is 6.07 Å². The van der Waals surface area contributed by atoms with E-state index >= 15 is 0 Å². The first kappa shape index (κ1) is 18.5. The summed E-state index contributed by atoms with van der Waals surface area (Å²) >= 11 is 6.13. The molecule has 0 radical (unpaired) electrons. The number of carbonyl (C=O) groups is 1. The molecule has 1 amide bonds. The number of pyridine rings is 1. The number of hydrogen-bond donors (Lipinski definition) is 2. The Balaban J connectivity index is 1.47. The SMILES string of the molecule is O=C(NCCNc1ncccc1C(F)(F)F)C1CC1c1ccccc1Cl. The van der Waals surface area contributed by atoms with E-state index in [2.05, 4.69) is 15.6 Å². The molecule has 1 saturated carbocycles. The summed E-state index contributed by atoms with van der Waals surface area (Å²) in [6.45, 7) is 0.355. The van der Waals surface area contributed by atoms with E-state index in [9.17, 15) is 18.0 Å². The number of alkyl halides is 3. The molecule has 1 aromatic carbocycles. The molecular weight excluding hydrogens is 367 g/mol. The van der Waals surface area contributed by atoms with Crippen LogP contribution in [0.4, 0.5) is 19.0 Å². The van der Waals surface area contributed by atoms with E-state index < -0.39 is 11.7 Å². The van der Waals surface area contributed by atoms with Crippen LogP contribution in [0.15, 0.2) is 42.6 Å². The van der Waals surface area contributed by atoms with Gasteiger partial charge in [0.25, 0.3) is 0 Å². The number of halogens is 4. The highest BCUT2D eigenvalue weighted by atomic mass is 35.5. The Morgan fingerprint density at radius 1 is 1.19 bits per heavy atom. The highest BCUT2D eigenvalue weighted by Crippen LogP contribution is 2.49. The third kappa shape index (κ3) is 4.27. The van der Waals surface area contributed by atoms with E-state index in [1.807, 2.05) is 18.2 Å². The minimum atomic E-state index is -4.48. The summed E-state index contributed by atoms with van der Waals surface area (Å²) in [5.41, 5.74) is 0.128.